The summed E-state index contributed by atoms with van der Waals surface area (Å²) < 4.78 is 29.7. The summed E-state index contributed by atoms with van der Waals surface area (Å²) in [6.07, 6.45) is 0. The number of imide groups is 1. The van der Waals surface area contributed by atoms with Gasteiger partial charge in [0.25, 0.3) is 11.8 Å². The number of carbonyl (C=O) groups excluding carboxylic acids is 2. The van der Waals surface area contributed by atoms with Crippen LogP contribution in [0.25, 0.3) is 5.76 Å². The molecule has 2 aromatic carbocycles. The van der Waals surface area contributed by atoms with Crippen molar-refractivity contribution in [2.24, 2.45) is 0 Å². The molecule has 7 heteroatoms. The highest BCUT2D eigenvalue weighted by molar-refractivity contribution is 7.94. The van der Waals surface area contributed by atoms with Gasteiger partial charge in [-0.25, -0.2) is 8.42 Å². The third-order valence-electron chi connectivity index (χ3n) is 4.17. The summed E-state index contributed by atoms with van der Waals surface area (Å²) in [5, 5.41) is 1.07. The molecular weight excluding hydrogens is 342 g/mol. The van der Waals surface area contributed by atoms with E-state index in [9.17, 15) is 18.0 Å². The first kappa shape index (κ1) is 15.6. The zero-order valence-corrected chi connectivity index (χ0v) is 13.8. The van der Waals surface area contributed by atoms with Crippen LogP contribution in [-0.2, 0) is 14.6 Å². The predicted octanol–water partition coefficient (Wildman–Crippen LogP) is 2.09. The van der Waals surface area contributed by atoms with Crippen molar-refractivity contribution >= 4 is 27.4 Å². The average Bonchev–Trinajstić information content (AvgIpc) is 3.01. The zero-order chi connectivity index (χ0) is 17.6. The fourth-order valence-electron chi connectivity index (χ4n) is 2.99. The van der Waals surface area contributed by atoms with E-state index in [4.69, 9.17) is 4.74 Å². The van der Waals surface area contributed by atoms with Crippen LogP contribution in [0.1, 0.15) is 26.3 Å². The number of fused-ring (bicyclic) bond motifs is 2. The van der Waals surface area contributed by atoms with E-state index in [1.54, 1.807) is 42.5 Å². The minimum absolute atomic E-state index is 0.0150. The molecule has 126 valence electrons. The lowest BCUT2D eigenvalue weighted by molar-refractivity contribution is 0.0624. The first-order chi connectivity index (χ1) is 12.0. The van der Waals surface area contributed by atoms with Gasteiger partial charge < -0.3 is 4.74 Å². The molecule has 0 saturated carbocycles. The molecule has 0 fully saturated rings. The van der Waals surface area contributed by atoms with Crippen molar-refractivity contribution in [2.45, 2.75) is 4.90 Å². The Hall–Kier alpha value is -2.93. The second kappa shape index (κ2) is 5.56. The zero-order valence-electron chi connectivity index (χ0n) is 13.0. The Bertz CT molecular complexity index is 1000. The van der Waals surface area contributed by atoms with Gasteiger partial charge in [-0.3, -0.25) is 14.5 Å². The molecule has 0 unspecified atom stereocenters. The molecule has 0 N–H and O–H groups in total. The Balaban J connectivity index is 1.48. The highest BCUT2D eigenvalue weighted by Gasteiger charge is 2.35. The molecule has 0 aliphatic carbocycles. The van der Waals surface area contributed by atoms with E-state index >= 15 is 0 Å². The van der Waals surface area contributed by atoms with E-state index in [1.165, 1.54) is 6.07 Å². The summed E-state index contributed by atoms with van der Waals surface area (Å²) in [5.74, 6) is -0.498. The van der Waals surface area contributed by atoms with Crippen LogP contribution in [-0.4, -0.2) is 38.3 Å². The van der Waals surface area contributed by atoms with Gasteiger partial charge in [0, 0.05) is 5.56 Å². The quantitative estimate of drug-likeness (QED) is 0.785. The molecule has 0 radical (unpaired) electrons. The first-order valence-electron chi connectivity index (χ1n) is 7.63. The highest BCUT2D eigenvalue weighted by atomic mass is 32.2. The number of benzene rings is 2. The maximum atomic E-state index is 12.3. The van der Waals surface area contributed by atoms with Gasteiger partial charge in [0.2, 0.25) is 9.84 Å². The lowest BCUT2D eigenvalue weighted by Crippen LogP contribution is -2.32. The van der Waals surface area contributed by atoms with Crippen molar-refractivity contribution in [3.05, 3.63) is 70.6 Å². The summed E-state index contributed by atoms with van der Waals surface area (Å²) in [6, 6.07) is 13.2. The smallest absolute Gasteiger partial charge is 0.261 e. The largest absolute Gasteiger partial charge is 0.490 e. The fourth-order valence-corrected chi connectivity index (χ4v) is 4.33. The summed E-state index contributed by atoms with van der Waals surface area (Å²) in [7, 11) is -3.50. The molecule has 0 saturated heterocycles. The first-order valence-corrected chi connectivity index (χ1v) is 9.18. The van der Waals surface area contributed by atoms with Gasteiger partial charge in [0.1, 0.15) is 12.4 Å². The topological polar surface area (TPSA) is 80.8 Å². The molecule has 2 amide bonds. The second-order valence-electron chi connectivity index (χ2n) is 5.68. The van der Waals surface area contributed by atoms with E-state index in [2.05, 4.69) is 0 Å². The molecule has 2 aliphatic heterocycles. The number of hydrogen-bond acceptors (Lipinski definition) is 5. The molecule has 6 nitrogen and oxygen atoms in total. The molecule has 2 aliphatic rings. The fraction of sp³-hybridized carbons (Fsp3) is 0.111. The normalized spacial score (nSPS) is 17.3. The van der Waals surface area contributed by atoms with Crippen LogP contribution in [0.2, 0.25) is 0 Å². The van der Waals surface area contributed by atoms with Gasteiger partial charge in [0.15, 0.2) is 0 Å². The summed E-state index contributed by atoms with van der Waals surface area (Å²) in [5.41, 5.74) is 1.24. The van der Waals surface area contributed by atoms with Crippen LogP contribution in [0, 0.1) is 0 Å². The minimum atomic E-state index is -3.50. The molecule has 2 aromatic rings. The average molecular weight is 355 g/mol. The monoisotopic (exact) mass is 355 g/mol. The van der Waals surface area contributed by atoms with E-state index in [0.717, 1.165) is 10.3 Å². The lowest BCUT2D eigenvalue weighted by Gasteiger charge is -2.15. The second-order valence-corrected chi connectivity index (χ2v) is 7.44. The van der Waals surface area contributed by atoms with E-state index in [1.807, 2.05) is 0 Å². The van der Waals surface area contributed by atoms with Crippen molar-refractivity contribution in [1.29, 1.82) is 0 Å². The van der Waals surface area contributed by atoms with E-state index in [-0.39, 0.29) is 35.6 Å². The minimum Gasteiger partial charge on any atom is -0.490 e. The lowest BCUT2D eigenvalue weighted by atomic mass is 10.1. The summed E-state index contributed by atoms with van der Waals surface area (Å²) >= 11 is 0. The van der Waals surface area contributed by atoms with Crippen molar-refractivity contribution in [2.75, 3.05) is 13.2 Å². The number of ether oxygens (including phenoxy) is 1. The Morgan fingerprint density at radius 1 is 0.840 bits per heavy atom. The molecule has 0 spiro atoms. The maximum absolute atomic E-state index is 12.3. The molecule has 4 rings (SSSR count). The number of rotatable bonds is 4. The van der Waals surface area contributed by atoms with E-state index < -0.39 is 9.84 Å². The third kappa shape index (κ3) is 2.44. The molecule has 0 atom stereocenters. The Morgan fingerprint density at radius 2 is 1.40 bits per heavy atom. The number of sulfone groups is 1. The van der Waals surface area contributed by atoms with Gasteiger partial charge in [-0.2, -0.15) is 0 Å². The molecule has 0 aromatic heterocycles. The summed E-state index contributed by atoms with van der Waals surface area (Å²) in [4.78, 5) is 25.9. The highest BCUT2D eigenvalue weighted by Crippen LogP contribution is 2.33. The van der Waals surface area contributed by atoms with Gasteiger partial charge >= 0.3 is 0 Å². The van der Waals surface area contributed by atoms with Gasteiger partial charge in [-0.15, -0.1) is 0 Å². The van der Waals surface area contributed by atoms with Crippen molar-refractivity contribution in [1.82, 2.24) is 4.90 Å². The van der Waals surface area contributed by atoms with Crippen LogP contribution in [0.5, 0.6) is 0 Å². The van der Waals surface area contributed by atoms with Gasteiger partial charge in [0.05, 0.1) is 28.0 Å². The molecule has 2 heterocycles. The number of hydrogen-bond donors (Lipinski definition) is 0. The number of amides is 2. The van der Waals surface area contributed by atoms with Crippen molar-refractivity contribution in [3.8, 4) is 0 Å². The Morgan fingerprint density at radius 3 is 2.04 bits per heavy atom. The van der Waals surface area contributed by atoms with Crippen molar-refractivity contribution in [3.63, 3.8) is 0 Å². The van der Waals surface area contributed by atoms with Crippen LogP contribution < -0.4 is 0 Å². The SMILES string of the molecule is O=C1c2ccccc2C(=O)N1CCOC1=CS(=O)(=O)c2ccccc21. The van der Waals surface area contributed by atoms with Gasteiger partial charge in [-0.05, 0) is 24.3 Å². The standard InChI is InChI=1S/C18H13NO5S/c20-17-12-5-1-2-6-13(12)18(21)19(17)9-10-24-15-11-25(22,23)16-8-4-3-7-14(15)16/h1-8,11H,9-10H2. The van der Waals surface area contributed by atoms with Crippen LogP contribution in [0.3, 0.4) is 0 Å². The maximum Gasteiger partial charge on any atom is 0.261 e. The third-order valence-corrected chi connectivity index (χ3v) is 5.67. The van der Waals surface area contributed by atoms with Crippen molar-refractivity contribution < 1.29 is 22.7 Å². The Labute approximate surface area is 144 Å². The molecule has 0 bridgehead atoms. The number of carbonyl (C=O) groups is 2. The van der Waals surface area contributed by atoms with Crippen LogP contribution >= 0.6 is 0 Å². The van der Waals surface area contributed by atoms with Crippen LogP contribution in [0.15, 0.2) is 58.8 Å². The molecule has 25 heavy (non-hydrogen) atoms. The Kier molecular flexibility index (Phi) is 3.47. The summed E-state index contributed by atoms with van der Waals surface area (Å²) in [6.45, 7) is 0.0626. The predicted molar refractivity (Wildman–Crippen MR) is 89.4 cm³/mol. The number of nitrogens with zero attached hydrogens (tertiary/aromatic N) is 1. The van der Waals surface area contributed by atoms with Crippen LogP contribution in [0.4, 0.5) is 0 Å². The van der Waals surface area contributed by atoms with E-state index in [0.29, 0.717) is 16.7 Å². The van der Waals surface area contributed by atoms with Gasteiger partial charge in [-0.1, -0.05) is 24.3 Å². The molecular formula is C18H13NO5S.